The van der Waals surface area contributed by atoms with Crippen LogP contribution < -0.4 is 10.2 Å². The molecule has 1 amide bonds. The molecule has 1 heterocycles. The summed E-state index contributed by atoms with van der Waals surface area (Å²) < 4.78 is 0. The second-order valence-electron chi connectivity index (χ2n) is 6.07. The summed E-state index contributed by atoms with van der Waals surface area (Å²) in [4.78, 5) is 30.2. The third-order valence-corrected chi connectivity index (χ3v) is 5.47. The van der Waals surface area contributed by atoms with Crippen LogP contribution in [0.15, 0.2) is 17.5 Å². The monoisotopic (exact) mass is 321 g/mol. The van der Waals surface area contributed by atoms with E-state index in [0.29, 0.717) is 6.54 Å². The molecule has 0 aromatic carbocycles. The minimum Gasteiger partial charge on any atom is -0.481 e. The zero-order valence-electron chi connectivity index (χ0n) is 12.5. The summed E-state index contributed by atoms with van der Waals surface area (Å²) >= 11 is 1.52. The number of hydrogen-bond donors (Lipinski definition) is 2. The number of carbonyl (C=O) groups is 2. The van der Waals surface area contributed by atoms with E-state index in [0.717, 1.165) is 17.2 Å². The van der Waals surface area contributed by atoms with Gasteiger partial charge in [0.05, 0.1) is 24.1 Å². The van der Waals surface area contributed by atoms with Gasteiger partial charge in [0.25, 0.3) is 0 Å². The Morgan fingerprint density at radius 3 is 2.64 bits per heavy atom. The Kier molecular flexibility index (Phi) is 3.90. The number of carboxylic acids is 1. The number of anilines is 1. The van der Waals surface area contributed by atoms with Gasteiger partial charge in [0.1, 0.15) is 0 Å². The van der Waals surface area contributed by atoms with Crippen LogP contribution >= 0.6 is 11.3 Å². The van der Waals surface area contributed by atoms with Crippen molar-refractivity contribution in [2.24, 2.45) is 23.7 Å². The van der Waals surface area contributed by atoms with Gasteiger partial charge in [0, 0.05) is 19.5 Å². The van der Waals surface area contributed by atoms with Gasteiger partial charge in [-0.2, -0.15) is 0 Å². The van der Waals surface area contributed by atoms with Crippen LogP contribution in [0.2, 0.25) is 0 Å². The maximum absolute atomic E-state index is 12.4. The number of nitrogens with zero attached hydrogens (tertiary/aromatic N) is 2. The van der Waals surface area contributed by atoms with Crippen LogP contribution in [0, 0.1) is 23.7 Å². The Hall–Kier alpha value is -1.89. The molecular weight excluding hydrogens is 302 g/mol. The topological polar surface area (TPSA) is 82.5 Å². The van der Waals surface area contributed by atoms with Gasteiger partial charge in [-0.05, 0) is 18.3 Å². The zero-order valence-corrected chi connectivity index (χ0v) is 13.3. The molecule has 1 fully saturated rings. The predicted molar refractivity (Wildman–Crippen MR) is 83.6 cm³/mol. The number of aromatic nitrogens is 1. The average Bonchev–Trinajstić information content (AvgIpc) is 3.18. The molecule has 0 radical (unpaired) electrons. The maximum Gasteiger partial charge on any atom is 0.307 e. The zero-order chi connectivity index (χ0) is 15.9. The lowest BCUT2D eigenvalue weighted by atomic mass is 9.82. The minimum absolute atomic E-state index is 0.00198. The Morgan fingerprint density at radius 1 is 1.36 bits per heavy atom. The molecule has 1 aromatic rings. The molecule has 0 unspecified atom stereocenters. The second-order valence-corrected chi connectivity index (χ2v) is 6.91. The van der Waals surface area contributed by atoms with E-state index in [-0.39, 0.29) is 17.7 Å². The summed E-state index contributed by atoms with van der Waals surface area (Å²) in [6.07, 6.45) is 4.70. The van der Waals surface area contributed by atoms with Gasteiger partial charge in [-0.25, -0.2) is 4.98 Å². The molecule has 1 saturated carbocycles. The Morgan fingerprint density at radius 2 is 2.05 bits per heavy atom. The molecule has 2 bridgehead atoms. The lowest BCUT2D eigenvalue weighted by Crippen LogP contribution is -2.39. The molecule has 0 spiro atoms. The summed E-state index contributed by atoms with van der Waals surface area (Å²) in [5.74, 6) is -2.05. The van der Waals surface area contributed by atoms with E-state index in [9.17, 15) is 14.7 Å². The number of fused-ring (bicyclic) bond motifs is 2. The predicted octanol–water partition coefficient (Wildman–Crippen LogP) is 1.35. The van der Waals surface area contributed by atoms with Gasteiger partial charge in [-0.1, -0.05) is 12.2 Å². The summed E-state index contributed by atoms with van der Waals surface area (Å²) in [5, 5.41) is 15.0. The first-order chi connectivity index (χ1) is 10.5. The highest BCUT2D eigenvalue weighted by Crippen LogP contribution is 2.48. The molecule has 2 aliphatic carbocycles. The molecule has 2 aliphatic rings. The molecule has 0 aliphatic heterocycles. The Balaban J connectivity index is 1.64. The quantitative estimate of drug-likeness (QED) is 0.800. The van der Waals surface area contributed by atoms with Gasteiger partial charge in [-0.15, -0.1) is 11.3 Å². The van der Waals surface area contributed by atoms with Crippen LogP contribution in [0.1, 0.15) is 12.1 Å². The van der Waals surface area contributed by atoms with Crippen molar-refractivity contribution in [3.05, 3.63) is 23.2 Å². The van der Waals surface area contributed by atoms with Crippen LogP contribution in [0.25, 0.3) is 0 Å². The van der Waals surface area contributed by atoms with Crippen molar-refractivity contribution in [2.45, 2.75) is 13.0 Å². The van der Waals surface area contributed by atoms with Crippen LogP contribution in [0.4, 0.5) is 5.13 Å². The van der Waals surface area contributed by atoms with E-state index in [1.165, 1.54) is 11.3 Å². The fourth-order valence-corrected chi connectivity index (χ4v) is 4.15. The molecule has 3 rings (SSSR count). The molecule has 4 atom stereocenters. The van der Waals surface area contributed by atoms with Gasteiger partial charge in [-0.3, -0.25) is 9.59 Å². The Bertz CT molecular complexity index is 625. The van der Waals surface area contributed by atoms with Crippen LogP contribution in [-0.2, 0) is 16.1 Å². The first-order valence-electron chi connectivity index (χ1n) is 7.28. The summed E-state index contributed by atoms with van der Waals surface area (Å²) in [7, 11) is 3.83. The number of carboxylic acid groups (broad SMARTS) is 1. The highest BCUT2D eigenvalue weighted by atomic mass is 32.1. The number of amides is 1. The smallest absolute Gasteiger partial charge is 0.307 e. The summed E-state index contributed by atoms with van der Waals surface area (Å²) in [6, 6.07) is 0. The van der Waals surface area contributed by atoms with Crippen molar-refractivity contribution in [1.29, 1.82) is 0 Å². The maximum atomic E-state index is 12.4. The number of nitrogens with one attached hydrogen (secondary N) is 1. The van der Waals surface area contributed by atoms with Crippen LogP contribution in [0.3, 0.4) is 0 Å². The Labute approximate surface area is 132 Å². The minimum atomic E-state index is -0.874. The SMILES string of the molecule is CN(C)c1nc(CNC(=O)[C@@H]2[C@@H](C(=O)O)[C@H]3C=C[C@H]2C3)cs1. The number of carbonyl (C=O) groups excluding carboxylic acids is 1. The van der Waals surface area contributed by atoms with Gasteiger partial charge in [0.15, 0.2) is 5.13 Å². The van der Waals surface area contributed by atoms with Gasteiger partial charge < -0.3 is 15.3 Å². The largest absolute Gasteiger partial charge is 0.481 e. The third kappa shape index (κ3) is 2.61. The first-order valence-corrected chi connectivity index (χ1v) is 8.16. The van der Waals surface area contributed by atoms with E-state index in [2.05, 4.69) is 10.3 Å². The van der Waals surface area contributed by atoms with E-state index in [4.69, 9.17) is 0 Å². The lowest BCUT2D eigenvalue weighted by molar-refractivity contribution is -0.147. The second kappa shape index (κ2) is 5.72. The van der Waals surface area contributed by atoms with Crippen molar-refractivity contribution in [2.75, 3.05) is 19.0 Å². The lowest BCUT2D eigenvalue weighted by Gasteiger charge is -2.23. The van der Waals surface area contributed by atoms with E-state index in [1.54, 1.807) is 0 Å². The number of rotatable bonds is 5. The molecule has 7 heteroatoms. The highest BCUT2D eigenvalue weighted by Gasteiger charge is 2.51. The van der Waals surface area contributed by atoms with Gasteiger partial charge >= 0.3 is 5.97 Å². The van der Waals surface area contributed by atoms with Crippen molar-refractivity contribution < 1.29 is 14.7 Å². The number of allylic oxidation sites excluding steroid dienone is 2. The molecule has 2 N–H and O–H groups in total. The van der Waals surface area contributed by atoms with Crippen LogP contribution in [0.5, 0.6) is 0 Å². The number of hydrogen-bond acceptors (Lipinski definition) is 5. The van der Waals surface area contributed by atoms with Crippen LogP contribution in [-0.4, -0.2) is 36.1 Å². The summed E-state index contributed by atoms with van der Waals surface area (Å²) in [5.41, 5.74) is 0.799. The van der Waals surface area contributed by atoms with Crippen molar-refractivity contribution in [3.63, 3.8) is 0 Å². The number of thiazole rings is 1. The molecule has 6 nitrogen and oxygen atoms in total. The highest BCUT2D eigenvalue weighted by molar-refractivity contribution is 7.13. The fourth-order valence-electron chi connectivity index (χ4n) is 3.39. The van der Waals surface area contributed by atoms with Crippen molar-refractivity contribution >= 4 is 28.3 Å². The molecule has 118 valence electrons. The standard InChI is InChI=1S/C15H19N3O3S/c1-18(2)15-17-10(7-22-15)6-16-13(19)11-8-3-4-9(5-8)12(11)14(20)21/h3-4,7-9,11-12H,5-6H2,1-2H3,(H,16,19)(H,20,21)/t8-,9-,11-,12-/m0/s1. The molecule has 22 heavy (non-hydrogen) atoms. The number of aliphatic carboxylic acids is 1. The summed E-state index contributed by atoms with van der Waals surface area (Å²) in [6.45, 7) is 0.340. The normalized spacial score (nSPS) is 28.8. The van der Waals surface area contributed by atoms with E-state index < -0.39 is 17.8 Å². The molecule has 0 saturated heterocycles. The first kappa shape index (κ1) is 15.0. The van der Waals surface area contributed by atoms with Crippen molar-refractivity contribution in [3.8, 4) is 0 Å². The van der Waals surface area contributed by atoms with Gasteiger partial charge in [0.2, 0.25) is 5.91 Å². The fraction of sp³-hybridized carbons (Fsp3) is 0.533. The molecule has 1 aromatic heterocycles. The van der Waals surface area contributed by atoms with E-state index in [1.807, 2.05) is 36.5 Å². The van der Waals surface area contributed by atoms with Crippen molar-refractivity contribution in [1.82, 2.24) is 10.3 Å². The van der Waals surface area contributed by atoms with E-state index >= 15 is 0 Å². The third-order valence-electron chi connectivity index (χ3n) is 4.41. The average molecular weight is 321 g/mol. The molecular formula is C15H19N3O3S.